The minimum Gasteiger partial charge on any atom is -0.356 e. The summed E-state index contributed by atoms with van der Waals surface area (Å²) in [7, 11) is 0. The molecule has 1 unspecified atom stereocenters. The van der Waals surface area contributed by atoms with Crippen LogP contribution in [0.4, 0.5) is 5.69 Å². The van der Waals surface area contributed by atoms with Crippen LogP contribution in [0.2, 0.25) is 0 Å². The van der Waals surface area contributed by atoms with Crippen LogP contribution in [0.3, 0.4) is 0 Å². The quantitative estimate of drug-likeness (QED) is 0.249. The van der Waals surface area contributed by atoms with Crippen molar-refractivity contribution in [1.82, 2.24) is 9.88 Å². The van der Waals surface area contributed by atoms with Crippen molar-refractivity contribution < 1.29 is 19.4 Å². The number of carbonyl (C=O) groups excluding carboxylic acids is 2. The lowest BCUT2D eigenvalue weighted by atomic mass is 9.91. The molecule has 2 aliphatic heterocycles. The van der Waals surface area contributed by atoms with Gasteiger partial charge >= 0.3 is 0 Å². The van der Waals surface area contributed by atoms with Crippen LogP contribution in [-0.4, -0.2) is 28.2 Å². The molecule has 39 heavy (non-hydrogen) atoms. The van der Waals surface area contributed by atoms with Crippen molar-refractivity contribution in [1.29, 1.82) is 0 Å². The summed E-state index contributed by atoms with van der Waals surface area (Å²) in [5.74, 6) is 0.571. The van der Waals surface area contributed by atoms with Crippen molar-refractivity contribution >= 4 is 34.5 Å². The minimum absolute atomic E-state index is 0.0445. The molecule has 0 aliphatic carbocycles. The highest BCUT2D eigenvalue weighted by Gasteiger charge is 2.34. The molecule has 1 aromatic heterocycles. The summed E-state index contributed by atoms with van der Waals surface area (Å²) < 4.78 is 0. The summed E-state index contributed by atoms with van der Waals surface area (Å²) in [6.07, 6.45) is 4.20. The Hall–Kier alpha value is -4.36. The van der Waals surface area contributed by atoms with Crippen molar-refractivity contribution in [3.63, 3.8) is 0 Å². The second-order valence-corrected chi connectivity index (χ2v) is 11.1. The molecular formula is C32H31N3O4. The van der Waals surface area contributed by atoms with Crippen LogP contribution in [0.25, 0.3) is 17.0 Å². The smallest absolute Gasteiger partial charge is 0.247 e. The minimum atomic E-state index is -0.473. The number of nitrogens with zero attached hydrogens (tertiary/aromatic N) is 1. The van der Waals surface area contributed by atoms with Crippen LogP contribution < -0.4 is 10.2 Å². The van der Waals surface area contributed by atoms with Crippen molar-refractivity contribution in [2.75, 3.05) is 11.9 Å². The number of amides is 2. The van der Waals surface area contributed by atoms with Gasteiger partial charge in [-0.25, -0.2) is 0 Å². The van der Waals surface area contributed by atoms with E-state index in [1.165, 1.54) is 10.9 Å². The number of carbonyl (C=O) groups is 2. The Labute approximate surface area is 227 Å². The number of benzene rings is 3. The highest BCUT2D eigenvalue weighted by molar-refractivity contribution is 5.95. The summed E-state index contributed by atoms with van der Waals surface area (Å²) in [6.45, 7) is 6.64. The summed E-state index contributed by atoms with van der Waals surface area (Å²) in [5, 5.41) is 4.12. The molecule has 0 radical (unpaired) electrons. The van der Waals surface area contributed by atoms with Gasteiger partial charge in [0.1, 0.15) is 6.61 Å². The van der Waals surface area contributed by atoms with Gasteiger partial charge in [0.2, 0.25) is 11.8 Å². The van der Waals surface area contributed by atoms with Crippen molar-refractivity contribution in [2.24, 2.45) is 5.41 Å². The van der Waals surface area contributed by atoms with E-state index >= 15 is 0 Å². The fraction of sp³-hybridized carbons (Fsp3) is 0.250. The SMILES string of the molecule is CC(C)(C)C(=O)Nc1ccc(/C=C/C(=O)N2CCc3c([nH]c4ccccc34)C2c2ccc3c(c2)OOC3)cc1. The predicted molar refractivity (Wildman–Crippen MR) is 151 cm³/mol. The van der Waals surface area contributed by atoms with Gasteiger partial charge < -0.3 is 20.1 Å². The third-order valence-corrected chi connectivity index (χ3v) is 7.36. The largest absolute Gasteiger partial charge is 0.356 e. The number of para-hydroxylation sites is 1. The zero-order valence-electron chi connectivity index (χ0n) is 22.3. The zero-order chi connectivity index (χ0) is 27.1. The number of H-pyrrole nitrogens is 1. The average Bonchev–Trinajstić information content (AvgIpc) is 3.55. The van der Waals surface area contributed by atoms with Gasteiger partial charge in [0.05, 0.1) is 6.04 Å². The van der Waals surface area contributed by atoms with Crippen LogP contribution >= 0.6 is 0 Å². The molecule has 3 heterocycles. The van der Waals surface area contributed by atoms with Gasteiger partial charge in [0.25, 0.3) is 0 Å². The maximum absolute atomic E-state index is 13.6. The monoisotopic (exact) mass is 521 g/mol. The van der Waals surface area contributed by atoms with E-state index in [1.807, 2.05) is 80.3 Å². The molecule has 7 heteroatoms. The molecule has 2 aliphatic rings. The van der Waals surface area contributed by atoms with Crippen molar-refractivity contribution in [3.8, 4) is 5.75 Å². The van der Waals surface area contributed by atoms with E-state index in [9.17, 15) is 9.59 Å². The number of hydrogen-bond acceptors (Lipinski definition) is 4. The van der Waals surface area contributed by atoms with Gasteiger partial charge in [-0.3, -0.25) is 9.59 Å². The van der Waals surface area contributed by atoms with Crippen LogP contribution in [-0.2, 0) is 27.5 Å². The summed E-state index contributed by atoms with van der Waals surface area (Å²) >= 11 is 0. The van der Waals surface area contributed by atoms with Crippen molar-refractivity contribution in [2.45, 2.75) is 39.8 Å². The fourth-order valence-corrected chi connectivity index (χ4v) is 5.18. The molecule has 7 nitrogen and oxygen atoms in total. The van der Waals surface area contributed by atoms with Crippen molar-refractivity contribution in [3.05, 3.63) is 101 Å². The van der Waals surface area contributed by atoms with Gasteiger partial charge in [-0.2, -0.15) is 4.89 Å². The Balaban J connectivity index is 1.28. The lowest BCUT2D eigenvalue weighted by Crippen LogP contribution is -2.39. The number of rotatable bonds is 4. The van der Waals surface area contributed by atoms with Crippen LogP contribution in [0.1, 0.15) is 54.8 Å². The maximum Gasteiger partial charge on any atom is 0.247 e. The highest BCUT2D eigenvalue weighted by Crippen LogP contribution is 2.40. The van der Waals surface area contributed by atoms with E-state index in [0.29, 0.717) is 18.9 Å². The molecule has 0 saturated carbocycles. The molecule has 0 bridgehead atoms. The van der Waals surface area contributed by atoms with Gasteiger partial charge in [0, 0.05) is 45.9 Å². The van der Waals surface area contributed by atoms with E-state index < -0.39 is 5.41 Å². The third-order valence-electron chi connectivity index (χ3n) is 7.36. The second-order valence-electron chi connectivity index (χ2n) is 11.1. The fourth-order valence-electron chi connectivity index (χ4n) is 5.18. The lowest BCUT2D eigenvalue weighted by Gasteiger charge is -2.35. The number of anilines is 1. The first-order valence-corrected chi connectivity index (χ1v) is 13.2. The van der Waals surface area contributed by atoms with Crippen LogP contribution in [0, 0.1) is 5.41 Å². The Bertz CT molecular complexity index is 1590. The Kier molecular flexibility index (Phi) is 6.23. The number of aromatic amines is 1. The third kappa shape index (κ3) is 4.81. The number of nitrogens with one attached hydrogen (secondary N) is 2. The van der Waals surface area contributed by atoms with E-state index in [-0.39, 0.29) is 17.9 Å². The van der Waals surface area contributed by atoms with E-state index in [0.717, 1.165) is 40.0 Å². The predicted octanol–water partition coefficient (Wildman–Crippen LogP) is 6.16. The Morgan fingerprint density at radius 2 is 1.85 bits per heavy atom. The van der Waals surface area contributed by atoms with Gasteiger partial charge in [-0.1, -0.05) is 63.2 Å². The van der Waals surface area contributed by atoms with Gasteiger partial charge in [0.15, 0.2) is 5.75 Å². The molecular weight excluding hydrogens is 490 g/mol. The molecule has 2 amide bonds. The Morgan fingerprint density at radius 3 is 2.64 bits per heavy atom. The van der Waals surface area contributed by atoms with E-state index in [4.69, 9.17) is 9.78 Å². The van der Waals surface area contributed by atoms with Crippen LogP contribution in [0.5, 0.6) is 5.75 Å². The molecule has 198 valence electrons. The van der Waals surface area contributed by atoms with E-state index in [2.05, 4.69) is 28.5 Å². The lowest BCUT2D eigenvalue weighted by molar-refractivity contribution is -0.194. The summed E-state index contributed by atoms with van der Waals surface area (Å²) in [6, 6.07) is 21.5. The zero-order valence-corrected chi connectivity index (χ0v) is 22.3. The molecule has 1 atom stereocenters. The molecule has 0 saturated heterocycles. The normalized spacial score (nSPS) is 16.7. The first-order valence-electron chi connectivity index (χ1n) is 13.2. The number of aromatic nitrogens is 1. The van der Waals surface area contributed by atoms with Crippen LogP contribution in [0.15, 0.2) is 72.8 Å². The molecule has 6 rings (SSSR count). The average molecular weight is 522 g/mol. The molecule has 0 spiro atoms. The first kappa shape index (κ1) is 24.9. The first-order chi connectivity index (χ1) is 18.8. The number of hydrogen-bond donors (Lipinski definition) is 2. The number of fused-ring (bicyclic) bond motifs is 4. The molecule has 2 N–H and O–H groups in total. The topological polar surface area (TPSA) is 83.7 Å². The standard InChI is InChI=1S/C32H31N3O4/c1-32(2,3)31(37)33-23-13-8-20(9-14-23)10-15-28(36)35-17-16-25-24-6-4-5-7-26(24)34-29(25)30(35)21-11-12-22-19-38-39-27(22)18-21/h4-15,18,30,34H,16-17,19H2,1-3H3,(H,33,37)/b15-10+. The van der Waals surface area contributed by atoms with Gasteiger partial charge in [-0.15, -0.1) is 0 Å². The Morgan fingerprint density at radius 1 is 1.05 bits per heavy atom. The maximum atomic E-state index is 13.6. The van der Waals surface area contributed by atoms with E-state index in [1.54, 1.807) is 6.08 Å². The molecule has 3 aromatic carbocycles. The summed E-state index contributed by atoms with van der Waals surface area (Å²) in [5.41, 5.74) is 6.43. The van der Waals surface area contributed by atoms with Gasteiger partial charge in [-0.05, 0) is 53.5 Å². The molecule has 0 fully saturated rings. The second kappa shape index (κ2) is 9.75. The summed E-state index contributed by atoms with van der Waals surface area (Å²) in [4.78, 5) is 42.0. The molecule has 4 aromatic rings. The highest BCUT2D eigenvalue weighted by atomic mass is 17.2.